The minimum atomic E-state index is -2.20. The van der Waals surface area contributed by atoms with E-state index in [0.717, 1.165) is 5.56 Å². The zero-order chi connectivity index (χ0) is 17.0. The zero-order valence-corrected chi connectivity index (χ0v) is 14.6. The van der Waals surface area contributed by atoms with E-state index in [2.05, 4.69) is 5.32 Å². The Morgan fingerprint density at radius 1 is 1.41 bits per heavy atom. The molecule has 22 heavy (non-hydrogen) atoms. The molecule has 1 aromatic rings. The third kappa shape index (κ3) is 7.53. The van der Waals surface area contributed by atoms with E-state index in [0.29, 0.717) is 5.69 Å². The second-order valence-corrected chi connectivity index (χ2v) is 8.87. The quantitative estimate of drug-likeness (QED) is 0.720. The molecule has 0 radical (unpaired) electrons. The summed E-state index contributed by atoms with van der Waals surface area (Å²) in [6.45, 7) is 5.55. The zero-order valence-electron chi connectivity index (χ0n) is 13.8. The molecule has 0 spiro atoms. The van der Waals surface area contributed by atoms with Gasteiger partial charge in [0.15, 0.2) is 0 Å². The van der Waals surface area contributed by atoms with Gasteiger partial charge in [0.05, 0.1) is 6.54 Å². The lowest BCUT2D eigenvalue weighted by molar-refractivity contribution is 0.0502. The van der Waals surface area contributed by atoms with Gasteiger partial charge < -0.3 is 15.8 Å². The maximum absolute atomic E-state index is 11.8. The molecule has 7 heteroatoms. The standard InChI is InChI=1S/C15H26N2O4S/c1-15(2,3)20-14(18)17-10-13(21-22(4,5)19)11-7-6-8-12(16)9-11/h6-9,13,19H,10,16H2,1-5H3,(H,17,18). The number of nitrogen functional groups attached to an aromatic ring is 1. The molecule has 1 rings (SSSR count). The van der Waals surface area contributed by atoms with Crippen molar-refractivity contribution in [2.75, 3.05) is 24.8 Å². The lowest BCUT2D eigenvalue weighted by Gasteiger charge is -2.34. The minimum Gasteiger partial charge on any atom is -0.444 e. The highest BCUT2D eigenvalue weighted by Gasteiger charge is 2.21. The third-order valence-corrected chi connectivity index (χ3v) is 3.17. The van der Waals surface area contributed by atoms with E-state index >= 15 is 0 Å². The normalized spacial score (nSPS) is 14.3. The minimum absolute atomic E-state index is 0.176. The Kier molecular flexibility index (Phi) is 6.10. The molecule has 0 saturated heterocycles. The number of benzene rings is 1. The highest BCUT2D eigenvalue weighted by Crippen LogP contribution is 2.41. The number of alkyl carbamates (subject to hydrolysis) is 1. The number of amides is 1. The molecule has 4 N–H and O–H groups in total. The van der Waals surface area contributed by atoms with Crippen LogP contribution in [0.1, 0.15) is 32.4 Å². The predicted molar refractivity (Wildman–Crippen MR) is 91.0 cm³/mol. The molecule has 0 bridgehead atoms. The fraction of sp³-hybridized carbons (Fsp3) is 0.533. The van der Waals surface area contributed by atoms with E-state index in [9.17, 15) is 9.35 Å². The highest BCUT2D eigenvalue weighted by molar-refractivity contribution is 8.23. The van der Waals surface area contributed by atoms with Gasteiger partial charge in [0.1, 0.15) is 11.7 Å². The van der Waals surface area contributed by atoms with Gasteiger partial charge in [0.25, 0.3) is 0 Å². The number of hydrogen-bond donors (Lipinski definition) is 3. The number of anilines is 1. The molecule has 0 aliphatic rings. The van der Waals surface area contributed by atoms with Crippen LogP contribution in [0.5, 0.6) is 0 Å². The van der Waals surface area contributed by atoms with Gasteiger partial charge in [0, 0.05) is 18.2 Å². The first-order valence-electron chi connectivity index (χ1n) is 6.92. The van der Waals surface area contributed by atoms with E-state index in [1.807, 2.05) is 6.07 Å². The fourth-order valence-electron chi connectivity index (χ4n) is 1.74. The van der Waals surface area contributed by atoms with Crippen LogP contribution in [-0.4, -0.2) is 35.3 Å². The summed E-state index contributed by atoms with van der Waals surface area (Å²) in [7, 11) is -2.20. The summed E-state index contributed by atoms with van der Waals surface area (Å²) in [6.07, 6.45) is 2.18. The van der Waals surface area contributed by atoms with Crippen molar-refractivity contribution in [3.63, 3.8) is 0 Å². The molecule has 1 aromatic carbocycles. The number of rotatable bonds is 5. The first kappa shape index (κ1) is 18.6. The number of hydrogen-bond acceptors (Lipinski definition) is 5. The lowest BCUT2D eigenvalue weighted by Crippen LogP contribution is -2.35. The van der Waals surface area contributed by atoms with Crippen LogP contribution in [0.3, 0.4) is 0 Å². The summed E-state index contributed by atoms with van der Waals surface area (Å²) in [5.74, 6) is 0. The SMILES string of the molecule is CC(C)(C)OC(=O)NCC(OS(C)(C)O)c1cccc(N)c1. The molecular formula is C15H26N2O4S. The Labute approximate surface area is 133 Å². The van der Waals surface area contributed by atoms with Crippen molar-refractivity contribution in [3.05, 3.63) is 29.8 Å². The predicted octanol–water partition coefficient (Wildman–Crippen LogP) is 3.30. The van der Waals surface area contributed by atoms with E-state index < -0.39 is 28.4 Å². The largest absolute Gasteiger partial charge is 0.444 e. The van der Waals surface area contributed by atoms with Crippen LogP contribution in [0.15, 0.2) is 24.3 Å². The topological polar surface area (TPSA) is 93.8 Å². The van der Waals surface area contributed by atoms with Crippen LogP contribution < -0.4 is 11.1 Å². The van der Waals surface area contributed by atoms with Gasteiger partial charge in [0.2, 0.25) is 0 Å². The Morgan fingerprint density at radius 3 is 2.55 bits per heavy atom. The van der Waals surface area contributed by atoms with Gasteiger partial charge in [-0.05, 0) is 38.5 Å². The van der Waals surface area contributed by atoms with E-state index in [4.69, 9.17) is 14.7 Å². The molecule has 1 unspecified atom stereocenters. The fourth-order valence-corrected chi connectivity index (χ4v) is 2.49. The Hall–Kier alpha value is -1.44. The summed E-state index contributed by atoms with van der Waals surface area (Å²) in [4.78, 5) is 11.8. The van der Waals surface area contributed by atoms with Gasteiger partial charge in [-0.2, -0.15) is 10.6 Å². The van der Waals surface area contributed by atoms with Crippen LogP contribution in [-0.2, 0) is 8.92 Å². The van der Waals surface area contributed by atoms with Gasteiger partial charge in [-0.1, -0.05) is 12.1 Å². The number of carbonyl (C=O) groups excluding carboxylic acids is 1. The van der Waals surface area contributed by atoms with E-state index in [1.54, 1.807) is 51.5 Å². The molecule has 1 amide bonds. The summed E-state index contributed by atoms with van der Waals surface area (Å²) < 4.78 is 20.8. The van der Waals surface area contributed by atoms with Crippen molar-refractivity contribution in [1.82, 2.24) is 5.32 Å². The number of nitrogens with one attached hydrogen (secondary N) is 1. The van der Waals surface area contributed by atoms with Crippen LogP contribution in [0.25, 0.3) is 0 Å². The average Bonchev–Trinajstić information content (AvgIpc) is 2.31. The number of ether oxygens (including phenoxy) is 1. The van der Waals surface area contributed by atoms with Gasteiger partial charge in [-0.25, -0.2) is 4.79 Å². The molecule has 0 heterocycles. The van der Waals surface area contributed by atoms with E-state index in [-0.39, 0.29) is 6.54 Å². The first-order chi connectivity index (χ1) is 9.96. The monoisotopic (exact) mass is 330 g/mol. The Morgan fingerprint density at radius 2 is 2.05 bits per heavy atom. The molecule has 0 saturated carbocycles. The van der Waals surface area contributed by atoms with Gasteiger partial charge in [-0.3, -0.25) is 8.74 Å². The van der Waals surface area contributed by atoms with Crippen LogP contribution in [0.4, 0.5) is 10.5 Å². The van der Waals surface area contributed by atoms with Crippen molar-refractivity contribution >= 4 is 22.4 Å². The van der Waals surface area contributed by atoms with Crippen molar-refractivity contribution in [3.8, 4) is 0 Å². The third-order valence-electron chi connectivity index (χ3n) is 2.46. The maximum atomic E-state index is 11.8. The Bertz CT molecular complexity index is 509. The Balaban J connectivity index is 2.77. The number of carbonyl (C=O) groups is 1. The van der Waals surface area contributed by atoms with Gasteiger partial charge in [-0.15, -0.1) is 0 Å². The van der Waals surface area contributed by atoms with Crippen LogP contribution >= 0.6 is 10.6 Å². The number of nitrogens with two attached hydrogens (primary N) is 1. The van der Waals surface area contributed by atoms with Crippen LogP contribution in [0, 0.1) is 0 Å². The molecule has 1 atom stereocenters. The van der Waals surface area contributed by atoms with Crippen molar-refractivity contribution in [2.45, 2.75) is 32.5 Å². The van der Waals surface area contributed by atoms with Crippen molar-refractivity contribution in [2.24, 2.45) is 0 Å². The molecule has 126 valence electrons. The smallest absolute Gasteiger partial charge is 0.407 e. The highest BCUT2D eigenvalue weighted by atomic mass is 32.3. The van der Waals surface area contributed by atoms with Gasteiger partial charge >= 0.3 is 6.09 Å². The van der Waals surface area contributed by atoms with Crippen molar-refractivity contribution < 1.29 is 18.3 Å². The molecule has 0 aliphatic carbocycles. The van der Waals surface area contributed by atoms with E-state index in [1.165, 1.54) is 0 Å². The second kappa shape index (κ2) is 7.21. The summed E-state index contributed by atoms with van der Waals surface area (Å²) in [6, 6.07) is 7.16. The summed E-state index contributed by atoms with van der Waals surface area (Å²) >= 11 is 0. The average molecular weight is 330 g/mol. The molecule has 6 nitrogen and oxygen atoms in total. The molecule has 0 aromatic heterocycles. The van der Waals surface area contributed by atoms with Crippen LogP contribution in [0.2, 0.25) is 0 Å². The first-order valence-corrected chi connectivity index (χ1v) is 9.26. The molecule has 0 fully saturated rings. The lowest BCUT2D eigenvalue weighted by atomic mass is 10.1. The molecular weight excluding hydrogens is 304 g/mol. The summed E-state index contributed by atoms with van der Waals surface area (Å²) in [5.41, 5.74) is 6.58. The second-order valence-electron chi connectivity index (χ2n) is 6.32. The maximum Gasteiger partial charge on any atom is 0.407 e. The van der Waals surface area contributed by atoms with Crippen molar-refractivity contribution in [1.29, 1.82) is 0 Å². The summed E-state index contributed by atoms with van der Waals surface area (Å²) in [5, 5.41) is 2.66. The molecule has 0 aliphatic heterocycles.